The Balaban J connectivity index is 1.51. The van der Waals surface area contributed by atoms with Crippen LogP contribution in [0.4, 0.5) is 17.1 Å². The predicted molar refractivity (Wildman–Crippen MR) is 151 cm³/mol. The summed E-state index contributed by atoms with van der Waals surface area (Å²) in [5, 5.41) is 5.71. The highest BCUT2D eigenvalue weighted by Gasteiger charge is 2.39. The number of hydrogen-bond acceptors (Lipinski definition) is 6. The van der Waals surface area contributed by atoms with Gasteiger partial charge in [0, 0.05) is 16.3 Å². The summed E-state index contributed by atoms with van der Waals surface area (Å²) in [5.41, 5.74) is 2.09. The molecule has 1 aliphatic heterocycles. The zero-order chi connectivity index (χ0) is 28.1. The van der Waals surface area contributed by atoms with Gasteiger partial charge >= 0.3 is 5.97 Å². The van der Waals surface area contributed by atoms with Crippen molar-refractivity contribution in [2.24, 2.45) is 0 Å². The number of carbonyl (C=O) groups is 4. The molecule has 39 heavy (non-hydrogen) atoms. The van der Waals surface area contributed by atoms with Crippen molar-refractivity contribution in [1.82, 2.24) is 0 Å². The lowest BCUT2D eigenvalue weighted by Crippen LogP contribution is -2.32. The molecule has 0 atom stereocenters. The highest BCUT2D eigenvalue weighted by molar-refractivity contribution is 6.53. The quantitative estimate of drug-likeness (QED) is 0.179. The molecular formula is C29H25Cl2N3O5. The molecule has 0 saturated carbocycles. The number of para-hydroxylation sites is 1. The van der Waals surface area contributed by atoms with Crippen molar-refractivity contribution in [3.8, 4) is 0 Å². The summed E-state index contributed by atoms with van der Waals surface area (Å²) in [6.45, 7) is 4.09. The van der Waals surface area contributed by atoms with Crippen LogP contribution in [-0.2, 0) is 14.3 Å². The van der Waals surface area contributed by atoms with E-state index in [0.29, 0.717) is 23.0 Å². The van der Waals surface area contributed by atoms with E-state index in [4.69, 9.17) is 27.9 Å². The molecule has 8 nitrogen and oxygen atoms in total. The number of rotatable bonds is 9. The summed E-state index contributed by atoms with van der Waals surface area (Å²) in [7, 11) is 0. The smallest absolute Gasteiger partial charge is 0.340 e. The first-order valence-corrected chi connectivity index (χ1v) is 13.0. The Hall–Kier alpha value is -4.14. The maximum atomic E-state index is 13.1. The molecule has 3 aromatic rings. The molecule has 200 valence electrons. The van der Waals surface area contributed by atoms with Gasteiger partial charge in [-0.25, -0.2) is 9.69 Å². The number of amides is 3. The SMILES string of the molecule is CCCCOC(=O)c1ccccc1NC(=O)c1cccc(NC2=C(Cl)C(=O)N(c3ccc(C)c(Cl)c3)C2=O)c1. The van der Waals surface area contributed by atoms with Crippen molar-refractivity contribution in [3.63, 3.8) is 0 Å². The molecule has 4 rings (SSSR count). The van der Waals surface area contributed by atoms with Gasteiger partial charge in [0.25, 0.3) is 17.7 Å². The first-order chi connectivity index (χ1) is 18.7. The van der Waals surface area contributed by atoms with Crippen LogP contribution in [0.5, 0.6) is 0 Å². The number of esters is 1. The zero-order valence-corrected chi connectivity index (χ0v) is 22.7. The van der Waals surface area contributed by atoms with Crippen LogP contribution >= 0.6 is 23.2 Å². The Bertz CT molecular complexity index is 1500. The zero-order valence-electron chi connectivity index (χ0n) is 21.2. The van der Waals surface area contributed by atoms with Crippen LogP contribution < -0.4 is 15.5 Å². The Labute approximate surface area is 235 Å². The second-order valence-corrected chi connectivity index (χ2v) is 9.55. The monoisotopic (exact) mass is 565 g/mol. The number of nitrogens with one attached hydrogen (secondary N) is 2. The summed E-state index contributed by atoms with van der Waals surface area (Å²) in [4.78, 5) is 52.4. The summed E-state index contributed by atoms with van der Waals surface area (Å²) in [6, 6.07) is 17.7. The second-order valence-electron chi connectivity index (χ2n) is 8.76. The normalized spacial score (nSPS) is 13.1. The topological polar surface area (TPSA) is 105 Å². The summed E-state index contributed by atoms with van der Waals surface area (Å²) < 4.78 is 5.28. The van der Waals surface area contributed by atoms with Gasteiger partial charge in [-0.15, -0.1) is 0 Å². The van der Waals surface area contributed by atoms with Crippen LogP contribution in [0.15, 0.2) is 77.5 Å². The molecule has 10 heteroatoms. The van der Waals surface area contributed by atoms with Gasteiger partial charge in [-0.3, -0.25) is 14.4 Å². The van der Waals surface area contributed by atoms with E-state index in [1.165, 1.54) is 12.1 Å². The molecule has 2 N–H and O–H groups in total. The third-order valence-corrected chi connectivity index (χ3v) is 6.72. The van der Waals surface area contributed by atoms with Crippen LogP contribution in [0.25, 0.3) is 0 Å². The van der Waals surface area contributed by atoms with E-state index in [2.05, 4.69) is 10.6 Å². The second kappa shape index (κ2) is 12.1. The fourth-order valence-electron chi connectivity index (χ4n) is 3.80. The number of ether oxygens (including phenoxy) is 1. The number of unbranched alkanes of at least 4 members (excludes halogenated alkanes) is 1. The van der Waals surface area contributed by atoms with Gasteiger partial charge in [-0.05, 0) is 61.4 Å². The number of hydrogen-bond donors (Lipinski definition) is 2. The van der Waals surface area contributed by atoms with E-state index < -0.39 is 23.7 Å². The van der Waals surface area contributed by atoms with Gasteiger partial charge in [-0.1, -0.05) is 60.8 Å². The van der Waals surface area contributed by atoms with Crippen molar-refractivity contribution in [1.29, 1.82) is 0 Å². The van der Waals surface area contributed by atoms with E-state index in [1.807, 2.05) is 6.92 Å². The molecule has 0 radical (unpaired) electrons. The Morgan fingerprint density at radius 2 is 1.72 bits per heavy atom. The van der Waals surface area contributed by atoms with Crippen molar-refractivity contribution < 1.29 is 23.9 Å². The number of aryl methyl sites for hydroxylation is 1. The molecule has 0 fully saturated rings. The molecule has 0 aromatic heterocycles. The highest BCUT2D eigenvalue weighted by atomic mass is 35.5. The first kappa shape index (κ1) is 27.9. The van der Waals surface area contributed by atoms with E-state index in [1.54, 1.807) is 61.5 Å². The third-order valence-electron chi connectivity index (χ3n) is 5.96. The Morgan fingerprint density at radius 1 is 0.949 bits per heavy atom. The van der Waals surface area contributed by atoms with Gasteiger partial charge in [0.2, 0.25) is 0 Å². The summed E-state index contributed by atoms with van der Waals surface area (Å²) in [5.74, 6) is -2.37. The van der Waals surface area contributed by atoms with Gasteiger partial charge in [0.05, 0.1) is 23.5 Å². The minimum absolute atomic E-state index is 0.129. The van der Waals surface area contributed by atoms with E-state index >= 15 is 0 Å². The Morgan fingerprint density at radius 3 is 2.46 bits per heavy atom. The number of carbonyl (C=O) groups excluding carboxylic acids is 4. The third kappa shape index (κ3) is 6.13. The van der Waals surface area contributed by atoms with Crippen LogP contribution in [0, 0.1) is 6.92 Å². The maximum Gasteiger partial charge on any atom is 0.340 e. The van der Waals surface area contributed by atoms with Crippen molar-refractivity contribution >= 4 is 64.0 Å². The summed E-state index contributed by atoms with van der Waals surface area (Å²) in [6.07, 6.45) is 1.63. The molecule has 0 aliphatic carbocycles. The number of benzene rings is 3. The maximum absolute atomic E-state index is 13.1. The van der Waals surface area contributed by atoms with Crippen molar-refractivity contribution in [2.45, 2.75) is 26.7 Å². The summed E-state index contributed by atoms with van der Waals surface area (Å²) >= 11 is 12.4. The van der Waals surface area contributed by atoms with Gasteiger partial charge in [-0.2, -0.15) is 0 Å². The molecule has 0 spiro atoms. The van der Waals surface area contributed by atoms with Crippen molar-refractivity contribution in [2.75, 3.05) is 22.1 Å². The highest BCUT2D eigenvalue weighted by Crippen LogP contribution is 2.32. The van der Waals surface area contributed by atoms with E-state index in [9.17, 15) is 19.2 Å². The number of anilines is 3. The molecule has 0 saturated heterocycles. The average molecular weight is 566 g/mol. The average Bonchev–Trinajstić information content (AvgIpc) is 3.13. The number of imide groups is 1. The minimum Gasteiger partial charge on any atom is -0.462 e. The van der Waals surface area contributed by atoms with Gasteiger partial charge in [0.1, 0.15) is 10.7 Å². The minimum atomic E-state index is -0.694. The van der Waals surface area contributed by atoms with Gasteiger partial charge in [0.15, 0.2) is 0 Å². The molecule has 1 aliphatic rings. The van der Waals surface area contributed by atoms with Crippen LogP contribution in [-0.4, -0.2) is 30.3 Å². The van der Waals surface area contributed by atoms with Crippen LogP contribution in [0.2, 0.25) is 5.02 Å². The molecule has 3 aromatic carbocycles. The molecular weight excluding hydrogens is 541 g/mol. The fourth-order valence-corrected chi connectivity index (χ4v) is 4.19. The largest absolute Gasteiger partial charge is 0.462 e. The molecule has 0 bridgehead atoms. The predicted octanol–water partition coefficient (Wildman–Crippen LogP) is 6.29. The lowest BCUT2D eigenvalue weighted by Gasteiger charge is -2.16. The molecule has 3 amide bonds. The molecule has 1 heterocycles. The first-order valence-electron chi connectivity index (χ1n) is 12.2. The lowest BCUT2D eigenvalue weighted by molar-refractivity contribution is -0.120. The number of nitrogens with zero attached hydrogens (tertiary/aromatic N) is 1. The van der Waals surface area contributed by atoms with Crippen molar-refractivity contribution in [3.05, 3.63) is 99.2 Å². The Kier molecular flexibility index (Phi) is 8.69. The van der Waals surface area contributed by atoms with Crippen LogP contribution in [0.1, 0.15) is 46.0 Å². The standard InChI is InChI=1S/C29H25Cl2N3O5/c1-3-4-14-39-29(38)21-10-5-6-11-23(21)33-26(35)18-8-7-9-19(15-18)32-25-24(31)27(36)34(28(25)37)20-13-12-17(2)22(30)16-20/h5-13,15-16,32H,3-4,14H2,1-2H3,(H,33,35). The van der Waals surface area contributed by atoms with E-state index in [-0.39, 0.29) is 27.5 Å². The molecule has 0 unspecified atom stereocenters. The van der Waals surface area contributed by atoms with Gasteiger partial charge < -0.3 is 15.4 Å². The lowest BCUT2D eigenvalue weighted by atomic mass is 10.1. The van der Waals surface area contributed by atoms with E-state index in [0.717, 1.165) is 23.3 Å². The fraction of sp³-hybridized carbons (Fsp3) is 0.172. The number of halogens is 2. The van der Waals surface area contributed by atoms with Crippen LogP contribution in [0.3, 0.4) is 0 Å².